The molecule has 5 N–H and O–H groups in total. The molecule has 0 aromatic carbocycles. The summed E-state index contributed by atoms with van der Waals surface area (Å²) in [6, 6.07) is -0.902. The summed E-state index contributed by atoms with van der Waals surface area (Å²) in [6.45, 7) is 1.92. The van der Waals surface area contributed by atoms with E-state index in [0.29, 0.717) is 6.42 Å². The van der Waals surface area contributed by atoms with Gasteiger partial charge in [0.2, 0.25) is 5.91 Å². The van der Waals surface area contributed by atoms with Gasteiger partial charge in [-0.1, -0.05) is 6.92 Å². The van der Waals surface area contributed by atoms with Gasteiger partial charge in [-0.3, -0.25) is 9.59 Å². The maximum atomic E-state index is 11.2. The third-order valence-corrected chi connectivity index (χ3v) is 1.91. The second-order valence-electron chi connectivity index (χ2n) is 3.32. The van der Waals surface area contributed by atoms with Gasteiger partial charge in [0.1, 0.15) is 0 Å². The normalized spacial score (nSPS) is 11.6. The first-order valence-corrected chi connectivity index (χ1v) is 5.00. The maximum Gasteiger partial charge on any atom is 0.315 e. The molecule has 92 valence electrons. The van der Waals surface area contributed by atoms with Crippen LogP contribution in [0, 0.1) is 0 Å². The highest BCUT2D eigenvalue weighted by Gasteiger charge is 2.13. The van der Waals surface area contributed by atoms with Crippen LogP contribution < -0.4 is 16.4 Å². The molecule has 0 radical (unpaired) electrons. The smallest absolute Gasteiger partial charge is 0.315 e. The Kier molecular flexibility index (Phi) is 6.66. The predicted molar refractivity (Wildman–Crippen MR) is 56.7 cm³/mol. The van der Waals surface area contributed by atoms with Crippen molar-refractivity contribution in [3.8, 4) is 0 Å². The molecule has 0 rings (SSSR count). The average molecular weight is 231 g/mol. The van der Waals surface area contributed by atoms with Gasteiger partial charge >= 0.3 is 12.0 Å². The van der Waals surface area contributed by atoms with Crippen LogP contribution in [0.4, 0.5) is 4.79 Å². The SMILES string of the molecule is CCC(CC(=O)O)NC(=O)NCCC(N)=O. The Morgan fingerprint density at radius 1 is 1.38 bits per heavy atom. The molecule has 0 saturated heterocycles. The topological polar surface area (TPSA) is 122 Å². The van der Waals surface area contributed by atoms with E-state index in [1.807, 2.05) is 0 Å². The van der Waals surface area contributed by atoms with Gasteiger partial charge in [0.25, 0.3) is 0 Å². The molecule has 0 aromatic heterocycles. The minimum atomic E-state index is -0.968. The lowest BCUT2D eigenvalue weighted by molar-refractivity contribution is -0.137. The molecule has 1 atom stereocenters. The molecule has 0 spiro atoms. The number of primary amides is 1. The van der Waals surface area contributed by atoms with Crippen LogP contribution in [0.15, 0.2) is 0 Å². The molecule has 0 aliphatic heterocycles. The Labute approximate surface area is 93.4 Å². The van der Waals surface area contributed by atoms with Crippen molar-refractivity contribution in [3.05, 3.63) is 0 Å². The largest absolute Gasteiger partial charge is 0.481 e. The number of rotatable bonds is 7. The van der Waals surface area contributed by atoms with Crippen molar-refractivity contribution >= 4 is 17.9 Å². The fourth-order valence-electron chi connectivity index (χ4n) is 1.04. The molecule has 0 heterocycles. The maximum absolute atomic E-state index is 11.2. The summed E-state index contributed by atoms with van der Waals surface area (Å²) in [6.07, 6.45) is 0.457. The van der Waals surface area contributed by atoms with Crippen molar-refractivity contribution < 1.29 is 19.5 Å². The van der Waals surface area contributed by atoms with Crippen molar-refractivity contribution in [1.29, 1.82) is 0 Å². The van der Waals surface area contributed by atoms with E-state index >= 15 is 0 Å². The summed E-state index contributed by atoms with van der Waals surface area (Å²) >= 11 is 0. The molecule has 0 bridgehead atoms. The molecule has 0 aliphatic carbocycles. The van der Waals surface area contributed by atoms with Crippen molar-refractivity contribution in [1.82, 2.24) is 10.6 Å². The number of aliphatic carboxylic acids is 1. The molecule has 0 saturated carbocycles. The zero-order valence-electron chi connectivity index (χ0n) is 9.16. The highest BCUT2D eigenvalue weighted by molar-refractivity contribution is 5.77. The zero-order chi connectivity index (χ0) is 12.6. The van der Waals surface area contributed by atoms with E-state index in [2.05, 4.69) is 10.6 Å². The number of amides is 3. The van der Waals surface area contributed by atoms with Gasteiger partial charge in [0.15, 0.2) is 0 Å². The van der Waals surface area contributed by atoms with Crippen LogP contribution in [0.25, 0.3) is 0 Å². The standard InChI is InChI=1S/C9H17N3O4/c1-2-6(5-8(14)15)12-9(16)11-4-3-7(10)13/h6H,2-5H2,1H3,(H2,10,13)(H,14,15)(H2,11,12,16). The number of carbonyl (C=O) groups is 3. The number of urea groups is 1. The fraction of sp³-hybridized carbons (Fsp3) is 0.667. The molecule has 16 heavy (non-hydrogen) atoms. The minimum absolute atomic E-state index is 0.0587. The van der Waals surface area contributed by atoms with Gasteiger partial charge in [-0.15, -0.1) is 0 Å². The van der Waals surface area contributed by atoms with Crippen LogP contribution in [0.1, 0.15) is 26.2 Å². The summed E-state index contributed by atoms with van der Waals surface area (Å²) in [5.41, 5.74) is 4.88. The van der Waals surface area contributed by atoms with Crippen LogP contribution in [0.3, 0.4) is 0 Å². The lowest BCUT2D eigenvalue weighted by atomic mass is 10.1. The molecule has 0 aromatic rings. The third-order valence-electron chi connectivity index (χ3n) is 1.91. The van der Waals surface area contributed by atoms with E-state index in [-0.39, 0.29) is 19.4 Å². The summed E-state index contributed by atoms with van der Waals surface area (Å²) in [7, 11) is 0. The average Bonchev–Trinajstić information content (AvgIpc) is 2.15. The summed E-state index contributed by atoms with van der Waals surface area (Å²) in [5.74, 6) is -1.47. The highest BCUT2D eigenvalue weighted by atomic mass is 16.4. The third kappa shape index (κ3) is 7.60. The van der Waals surface area contributed by atoms with Crippen molar-refractivity contribution in [3.63, 3.8) is 0 Å². The number of hydrogen-bond acceptors (Lipinski definition) is 3. The molecular weight excluding hydrogens is 214 g/mol. The van der Waals surface area contributed by atoms with E-state index in [0.717, 1.165) is 0 Å². The van der Waals surface area contributed by atoms with Gasteiger partial charge in [-0.2, -0.15) is 0 Å². The lowest BCUT2D eigenvalue weighted by Gasteiger charge is -2.15. The van der Waals surface area contributed by atoms with Crippen LogP contribution in [-0.2, 0) is 9.59 Å². The molecule has 0 aliphatic rings. The van der Waals surface area contributed by atoms with E-state index < -0.39 is 23.9 Å². The quantitative estimate of drug-likeness (QED) is 0.468. The van der Waals surface area contributed by atoms with E-state index in [1.165, 1.54) is 0 Å². The van der Waals surface area contributed by atoms with Crippen LogP contribution in [0.2, 0.25) is 0 Å². The second-order valence-corrected chi connectivity index (χ2v) is 3.32. The van der Waals surface area contributed by atoms with Crippen LogP contribution in [-0.4, -0.2) is 35.6 Å². The number of carboxylic acid groups (broad SMARTS) is 1. The molecular formula is C9H17N3O4. The Morgan fingerprint density at radius 2 is 2.00 bits per heavy atom. The van der Waals surface area contributed by atoms with Crippen molar-refractivity contribution in [2.75, 3.05) is 6.54 Å². The van der Waals surface area contributed by atoms with Gasteiger partial charge in [-0.25, -0.2) is 4.79 Å². The first-order chi connectivity index (χ1) is 7.45. The van der Waals surface area contributed by atoms with Crippen LogP contribution >= 0.6 is 0 Å². The van der Waals surface area contributed by atoms with E-state index in [4.69, 9.17) is 10.8 Å². The lowest BCUT2D eigenvalue weighted by Crippen LogP contribution is -2.43. The Bertz CT molecular complexity index is 267. The van der Waals surface area contributed by atoms with Crippen molar-refractivity contribution in [2.45, 2.75) is 32.2 Å². The minimum Gasteiger partial charge on any atom is -0.481 e. The molecule has 0 fully saturated rings. The number of hydrogen-bond donors (Lipinski definition) is 4. The fourth-order valence-corrected chi connectivity index (χ4v) is 1.04. The molecule has 7 heteroatoms. The summed E-state index contributed by atoms with van der Waals surface area (Å²) in [5, 5.41) is 13.4. The Hall–Kier alpha value is -1.79. The highest BCUT2D eigenvalue weighted by Crippen LogP contribution is 1.96. The number of carbonyl (C=O) groups excluding carboxylic acids is 2. The zero-order valence-corrected chi connectivity index (χ0v) is 9.16. The summed E-state index contributed by atoms with van der Waals surface area (Å²) in [4.78, 5) is 32.0. The summed E-state index contributed by atoms with van der Waals surface area (Å²) < 4.78 is 0. The molecule has 3 amide bonds. The Morgan fingerprint density at radius 3 is 2.44 bits per heavy atom. The molecule has 1 unspecified atom stereocenters. The van der Waals surface area contributed by atoms with Gasteiger partial charge in [0.05, 0.1) is 6.42 Å². The van der Waals surface area contributed by atoms with Gasteiger partial charge in [-0.05, 0) is 6.42 Å². The Balaban J connectivity index is 3.82. The number of carboxylic acids is 1. The predicted octanol–water partition coefficient (Wildman–Crippen LogP) is -0.586. The first-order valence-electron chi connectivity index (χ1n) is 5.00. The van der Waals surface area contributed by atoms with E-state index in [1.54, 1.807) is 6.92 Å². The van der Waals surface area contributed by atoms with Gasteiger partial charge in [0, 0.05) is 19.0 Å². The monoisotopic (exact) mass is 231 g/mol. The number of nitrogens with one attached hydrogen (secondary N) is 2. The van der Waals surface area contributed by atoms with E-state index in [9.17, 15) is 14.4 Å². The van der Waals surface area contributed by atoms with Crippen LogP contribution in [0.5, 0.6) is 0 Å². The number of nitrogens with two attached hydrogens (primary N) is 1. The molecule has 7 nitrogen and oxygen atoms in total. The van der Waals surface area contributed by atoms with Gasteiger partial charge < -0.3 is 21.5 Å². The second kappa shape index (κ2) is 7.49. The van der Waals surface area contributed by atoms with Crippen molar-refractivity contribution in [2.24, 2.45) is 5.73 Å². The first kappa shape index (κ1) is 14.2.